The summed E-state index contributed by atoms with van der Waals surface area (Å²) in [6.07, 6.45) is 1.84. The molecular weight excluding hydrogens is 348 g/mol. The summed E-state index contributed by atoms with van der Waals surface area (Å²) in [6.45, 7) is 4.93. The summed E-state index contributed by atoms with van der Waals surface area (Å²) in [5.41, 5.74) is -1.34. The molecule has 0 atom stereocenters. The minimum absolute atomic E-state index is 0.171. The van der Waals surface area contributed by atoms with Crippen LogP contribution >= 0.6 is 0 Å². The highest BCUT2D eigenvalue weighted by atomic mass is 16.2. The van der Waals surface area contributed by atoms with Crippen LogP contribution < -0.4 is 0 Å². The number of carbonyl (C=O) groups is 6. The van der Waals surface area contributed by atoms with E-state index in [-0.39, 0.29) is 55.0 Å². The third-order valence-corrected chi connectivity index (χ3v) is 5.05. The minimum atomic E-state index is -1.62. The molecule has 148 valence electrons. The summed E-state index contributed by atoms with van der Waals surface area (Å²) in [5, 5.41) is 0. The maximum atomic E-state index is 12.9. The van der Waals surface area contributed by atoms with Crippen molar-refractivity contribution >= 4 is 34.7 Å². The summed E-state index contributed by atoms with van der Waals surface area (Å²) in [4.78, 5) is 73.3. The van der Waals surface area contributed by atoms with Crippen LogP contribution in [0.5, 0.6) is 0 Å². The highest BCUT2D eigenvalue weighted by molar-refractivity contribution is 6.19. The number of carbonyl (C=O) groups excluding carboxylic acids is 6. The minimum Gasteiger partial charge on any atom is -0.299 e. The first-order chi connectivity index (χ1) is 12.7. The zero-order valence-electron chi connectivity index (χ0n) is 16.4. The van der Waals surface area contributed by atoms with Crippen LogP contribution in [0.25, 0.3) is 0 Å². The third kappa shape index (κ3) is 5.88. The van der Waals surface area contributed by atoms with Crippen molar-refractivity contribution in [1.82, 2.24) is 0 Å². The summed E-state index contributed by atoms with van der Waals surface area (Å²) in [7, 11) is 0. The lowest BCUT2D eigenvalue weighted by Crippen LogP contribution is -2.42. The third-order valence-electron chi connectivity index (χ3n) is 5.05. The number of Topliss-reactive ketones (excluding diaryl/α,β-unsaturated/α-hetero) is 6. The van der Waals surface area contributed by atoms with Crippen molar-refractivity contribution in [3.05, 3.63) is 11.6 Å². The monoisotopic (exact) mass is 376 g/mol. The van der Waals surface area contributed by atoms with Gasteiger partial charge in [0.1, 0.15) is 22.8 Å². The van der Waals surface area contributed by atoms with E-state index < -0.39 is 35.6 Å². The van der Waals surface area contributed by atoms with Crippen LogP contribution in [-0.2, 0) is 28.8 Å². The van der Waals surface area contributed by atoms with Gasteiger partial charge in [-0.15, -0.1) is 0 Å². The fourth-order valence-corrected chi connectivity index (χ4v) is 3.16. The van der Waals surface area contributed by atoms with E-state index in [1.807, 2.05) is 0 Å². The Morgan fingerprint density at radius 3 is 1.67 bits per heavy atom. The molecule has 0 aliphatic heterocycles. The number of ketones is 6. The van der Waals surface area contributed by atoms with Gasteiger partial charge >= 0.3 is 0 Å². The Morgan fingerprint density at radius 2 is 1.22 bits per heavy atom. The molecule has 0 aromatic rings. The fraction of sp³-hybridized carbons (Fsp3) is 0.619. The molecule has 0 N–H and O–H groups in total. The van der Waals surface area contributed by atoms with Gasteiger partial charge in [0.15, 0.2) is 17.3 Å². The number of rotatable bonds is 12. The number of allylic oxidation sites excluding steroid dienone is 2. The van der Waals surface area contributed by atoms with E-state index in [1.54, 1.807) is 20.8 Å². The van der Waals surface area contributed by atoms with Gasteiger partial charge in [-0.2, -0.15) is 0 Å². The van der Waals surface area contributed by atoms with Gasteiger partial charge in [0.05, 0.1) is 19.3 Å². The van der Waals surface area contributed by atoms with Crippen molar-refractivity contribution in [3.8, 4) is 0 Å². The summed E-state index contributed by atoms with van der Waals surface area (Å²) in [5.74, 6) is -2.30. The molecule has 0 amide bonds. The predicted octanol–water partition coefficient (Wildman–Crippen LogP) is 2.90. The van der Waals surface area contributed by atoms with Crippen molar-refractivity contribution in [2.75, 3.05) is 0 Å². The van der Waals surface area contributed by atoms with Gasteiger partial charge in [0.2, 0.25) is 0 Å². The largest absolute Gasteiger partial charge is 0.299 e. The van der Waals surface area contributed by atoms with Crippen molar-refractivity contribution in [2.45, 2.75) is 78.6 Å². The molecule has 1 aliphatic carbocycles. The lowest BCUT2D eigenvalue weighted by Gasteiger charge is -2.32. The van der Waals surface area contributed by atoms with Crippen LogP contribution in [0, 0.1) is 5.41 Å². The van der Waals surface area contributed by atoms with Crippen LogP contribution in [-0.4, -0.2) is 34.7 Å². The molecule has 0 saturated carbocycles. The average molecular weight is 376 g/mol. The van der Waals surface area contributed by atoms with Crippen LogP contribution in [0.15, 0.2) is 11.6 Å². The second-order valence-corrected chi connectivity index (χ2v) is 6.97. The molecular formula is C21H28O6. The molecule has 0 aromatic carbocycles. The second kappa shape index (κ2) is 10.2. The van der Waals surface area contributed by atoms with E-state index in [4.69, 9.17) is 0 Å². The SMILES string of the molecule is CCC(=O)CC(=O)C1=CC(C(=O)CC(=O)CC)(C(=O)CC(=O)CC)CCC1. The van der Waals surface area contributed by atoms with Gasteiger partial charge in [0.25, 0.3) is 0 Å². The van der Waals surface area contributed by atoms with Gasteiger partial charge in [-0.3, -0.25) is 28.8 Å². The Morgan fingerprint density at radius 1 is 0.778 bits per heavy atom. The Bertz CT molecular complexity index is 653. The van der Waals surface area contributed by atoms with Crippen LogP contribution in [0.4, 0.5) is 0 Å². The van der Waals surface area contributed by atoms with Crippen molar-refractivity contribution < 1.29 is 28.8 Å². The lowest BCUT2D eigenvalue weighted by molar-refractivity contribution is -0.141. The normalized spacial score (nSPS) is 15.6. The van der Waals surface area contributed by atoms with Crippen LogP contribution in [0.2, 0.25) is 0 Å². The zero-order valence-corrected chi connectivity index (χ0v) is 16.4. The summed E-state index contributed by atoms with van der Waals surface area (Å²) < 4.78 is 0. The van der Waals surface area contributed by atoms with E-state index in [0.29, 0.717) is 12.8 Å². The van der Waals surface area contributed by atoms with Gasteiger partial charge < -0.3 is 0 Å². The second-order valence-electron chi connectivity index (χ2n) is 6.97. The van der Waals surface area contributed by atoms with Gasteiger partial charge in [-0.25, -0.2) is 0 Å². The van der Waals surface area contributed by atoms with Gasteiger partial charge in [0, 0.05) is 19.3 Å². The average Bonchev–Trinajstić information content (AvgIpc) is 2.67. The Balaban J connectivity index is 3.28. The molecule has 0 spiro atoms. The molecule has 6 nitrogen and oxygen atoms in total. The molecule has 0 bridgehead atoms. The number of hydrogen-bond acceptors (Lipinski definition) is 6. The first-order valence-corrected chi connectivity index (χ1v) is 9.56. The highest BCUT2D eigenvalue weighted by Gasteiger charge is 2.45. The molecule has 0 saturated heterocycles. The van der Waals surface area contributed by atoms with Crippen molar-refractivity contribution in [2.24, 2.45) is 5.41 Å². The maximum absolute atomic E-state index is 12.9. The molecule has 0 aromatic heterocycles. The Hall–Kier alpha value is -2.24. The van der Waals surface area contributed by atoms with Crippen LogP contribution in [0.3, 0.4) is 0 Å². The van der Waals surface area contributed by atoms with E-state index in [1.165, 1.54) is 6.08 Å². The first kappa shape index (κ1) is 22.8. The van der Waals surface area contributed by atoms with Crippen molar-refractivity contribution in [3.63, 3.8) is 0 Å². The smallest absolute Gasteiger partial charge is 0.165 e. The van der Waals surface area contributed by atoms with Crippen LogP contribution in [0.1, 0.15) is 78.6 Å². The maximum Gasteiger partial charge on any atom is 0.165 e. The van der Waals surface area contributed by atoms with E-state index >= 15 is 0 Å². The standard InChI is InChI=1S/C21H28O6/c1-4-15(22)10-18(25)14-8-7-9-21(13-14,19(26)11-16(23)5-2)20(27)12-17(24)6-3/h13H,4-12H2,1-3H3. The first-order valence-electron chi connectivity index (χ1n) is 9.56. The molecule has 1 rings (SSSR count). The van der Waals surface area contributed by atoms with Gasteiger partial charge in [-0.05, 0) is 24.8 Å². The number of hydrogen-bond donors (Lipinski definition) is 0. The fourth-order valence-electron chi connectivity index (χ4n) is 3.16. The molecule has 27 heavy (non-hydrogen) atoms. The Labute approximate surface area is 159 Å². The van der Waals surface area contributed by atoms with E-state index in [2.05, 4.69) is 0 Å². The molecule has 0 fully saturated rings. The topological polar surface area (TPSA) is 102 Å². The molecule has 0 heterocycles. The lowest BCUT2D eigenvalue weighted by atomic mass is 9.67. The Kier molecular flexibility index (Phi) is 8.60. The van der Waals surface area contributed by atoms with Gasteiger partial charge in [-0.1, -0.05) is 26.8 Å². The summed E-state index contributed by atoms with van der Waals surface area (Å²) >= 11 is 0. The quantitative estimate of drug-likeness (QED) is 0.485. The molecule has 0 radical (unpaired) electrons. The van der Waals surface area contributed by atoms with E-state index in [0.717, 1.165) is 0 Å². The molecule has 6 heteroatoms. The predicted molar refractivity (Wildman–Crippen MR) is 99.1 cm³/mol. The van der Waals surface area contributed by atoms with Crippen molar-refractivity contribution in [1.29, 1.82) is 0 Å². The molecule has 0 unspecified atom stereocenters. The van der Waals surface area contributed by atoms with E-state index in [9.17, 15) is 28.8 Å². The highest BCUT2D eigenvalue weighted by Crippen LogP contribution is 2.39. The zero-order chi connectivity index (χ0) is 20.6. The summed E-state index contributed by atoms with van der Waals surface area (Å²) in [6, 6.07) is 0. The molecule has 1 aliphatic rings.